The summed E-state index contributed by atoms with van der Waals surface area (Å²) in [6.07, 6.45) is 3.26. The molecule has 3 nitrogen and oxygen atoms in total. The predicted octanol–water partition coefficient (Wildman–Crippen LogP) is 4.65. The highest BCUT2D eigenvalue weighted by Gasteiger charge is 2.20. The second-order valence-electron chi connectivity index (χ2n) is 9.89. The molecule has 1 aromatic rings. The Morgan fingerprint density at radius 2 is 1.72 bits per heavy atom. The third-order valence-corrected chi connectivity index (χ3v) is 4.90. The Morgan fingerprint density at radius 3 is 2.36 bits per heavy atom. The number of rotatable bonds is 5. The van der Waals surface area contributed by atoms with Crippen molar-refractivity contribution >= 4 is 5.91 Å². The molecule has 1 N–H and O–H groups in total. The summed E-state index contributed by atoms with van der Waals surface area (Å²) in [5.41, 5.74) is 4.16. The first-order valence-electron chi connectivity index (χ1n) is 9.66. The van der Waals surface area contributed by atoms with Gasteiger partial charge >= 0.3 is 0 Å². The molecule has 0 saturated heterocycles. The lowest BCUT2D eigenvalue weighted by Gasteiger charge is -2.31. The molecule has 1 aromatic carbocycles. The van der Waals surface area contributed by atoms with E-state index in [0.717, 1.165) is 44.6 Å². The van der Waals surface area contributed by atoms with Crippen molar-refractivity contribution in [2.24, 2.45) is 10.8 Å². The second kappa shape index (κ2) is 7.90. The van der Waals surface area contributed by atoms with E-state index in [4.69, 9.17) is 0 Å². The van der Waals surface area contributed by atoms with Crippen molar-refractivity contribution in [2.75, 3.05) is 19.6 Å². The lowest BCUT2D eigenvalue weighted by molar-refractivity contribution is 0.0949. The fraction of sp³-hybridized carbons (Fsp3) is 0.682. The van der Waals surface area contributed by atoms with Crippen LogP contribution in [0.3, 0.4) is 0 Å². The molecule has 2 rings (SSSR count). The minimum Gasteiger partial charge on any atom is -0.352 e. The van der Waals surface area contributed by atoms with Crippen molar-refractivity contribution in [1.29, 1.82) is 0 Å². The van der Waals surface area contributed by atoms with Gasteiger partial charge in [-0.15, -0.1) is 0 Å². The molecule has 1 amide bonds. The maximum atomic E-state index is 12.4. The van der Waals surface area contributed by atoms with Gasteiger partial charge in [0, 0.05) is 25.2 Å². The number of benzene rings is 1. The van der Waals surface area contributed by atoms with E-state index in [1.807, 2.05) is 6.07 Å². The minimum absolute atomic E-state index is 0.0576. The van der Waals surface area contributed by atoms with E-state index in [-0.39, 0.29) is 11.3 Å². The van der Waals surface area contributed by atoms with Gasteiger partial charge in [-0.3, -0.25) is 9.69 Å². The van der Waals surface area contributed by atoms with Crippen molar-refractivity contribution in [2.45, 2.75) is 67.3 Å². The van der Waals surface area contributed by atoms with E-state index >= 15 is 0 Å². The Bertz CT molecular complexity index is 593. The highest BCUT2D eigenvalue weighted by Crippen LogP contribution is 2.24. The molecule has 0 spiro atoms. The Balaban J connectivity index is 1.91. The monoisotopic (exact) mass is 344 g/mol. The van der Waals surface area contributed by atoms with E-state index < -0.39 is 0 Å². The smallest absolute Gasteiger partial charge is 0.251 e. The van der Waals surface area contributed by atoms with Crippen LogP contribution in [0.4, 0.5) is 0 Å². The summed E-state index contributed by atoms with van der Waals surface area (Å²) in [6.45, 7) is 17.5. The molecular formula is C22H36N2O. The van der Waals surface area contributed by atoms with Crippen molar-refractivity contribution in [1.82, 2.24) is 10.2 Å². The van der Waals surface area contributed by atoms with Gasteiger partial charge < -0.3 is 5.32 Å². The van der Waals surface area contributed by atoms with Crippen LogP contribution in [0.5, 0.6) is 0 Å². The zero-order valence-corrected chi connectivity index (χ0v) is 17.0. The first kappa shape index (κ1) is 20.0. The summed E-state index contributed by atoms with van der Waals surface area (Å²) >= 11 is 0. The molecule has 140 valence electrons. The van der Waals surface area contributed by atoms with E-state index in [1.54, 1.807) is 0 Å². The number of carbonyl (C=O) groups excluding carboxylic acids is 1. The molecule has 0 bridgehead atoms. The maximum Gasteiger partial charge on any atom is 0.251 e. The number of fused-ring (bicyclic) bond motifs is 1. The minimum atomic E-state index is 0.0576. The Morgan fingerprint density at radius 1 is 1.04 bits per heavy atom. The largest absolute Gasteiger partial charge is 0.352 e. The van der Waals surface area contributed by atoms with Gasteiger partial charge in [-0.05, 0) is 59.9 Å². The Labute approximate surface area is 154 Å². The topological polar surface area (TPSA) is 32.3 Å². The summed E-state index contributed by atoms with van der Waals surface area (Å²) in [6, 6.07) is 6.23. The van der Waals surface area contributed by atoms with Crippen LogP contribution in [0.25, 0.3) is 0 Å². The summed E-state index contributed by atoms with van der Waals surface area (Å²) in [7, 11) is 0. The fourth-order valence-electron chi connectivity index (χ4n) is 3.09. The van der Waals surface area contributed by atoms with Gasteiger partial charge in [0.2, 0.25) is 0 Å². The molecule has 0 fully saturated rings. The van der Waals surface area contributed by atoms with Gasteiger partial charge in [-0.2, -0.15) is 0 Å². The fourth-order valence-corrected chi connectivity index (χ4v) is 3.09. The molecule has 25 heavy (non-hydrogen) atoms. The summed E-state index contributed by atoms with van der Waals surface area (Å²) < 4.78 is 0. The van der Waals surface area contributed by atoms with Crippen LogP contribution in [0.1, 0.15) is 75.9 Å². The number of hydrogen-bond donors (Lipinski definition) is 1. The molecule has 0 atom stereocenters. The highest BCUT2D eigenvalue weighted by atomic mass is 16.1. The average Bonchev–Trinajstić information content (AvgIpc) is 2.50. The quantitative estimate of drug-likeness (QED) is 0.843. The molecule has 0 radical (unpaired) electrons. The zero-order valence-electron chi connectivity index (χ0n) is 17.0. The van der Waals surface area contributed by atoms with Gasteiger partial charge in [0.25, 0.3) is 5.91 Å². The molecular weight excluding hydrogens is 308 g/mol. The van der Waals surface area contributed by atoms with E-state index in [0.29, 0.717) is 5.41 Å². The number of nitrogens with zero attached hydrogens (tertiary/aromatic N) is 1. The van der Waals surface area contributed by atoms with Crippen molar-refractivity contribution in [3.8, 4) is 0 Å². The Hall–Kier alpha value is -1.35. The zero-order chi connectivity index (χ0) is 18.7. The summed E-state index contributed by atoms with van der Waals surface area (Å²) in [5.74, 6) is 0.0576. The van der Waals surface area contributed by atoms with Crippen LogP contribution in [0.15, 0.2) is 18.2 Å². The van der Waals surface area contributed by atoms with Crippen LogP contribution < -0.4 is 5.32 Å². The van der Waals surface area contributed by atoms with Gasteiger partial charge in [0.15, 0.2) is 0 Å². The first-order chi connectivity index (χ1) is 11.5. The molecule has 0 saturated carbocycles. The molecule has 0 aromatic heterocycles. The van der Waals surface area contributed by atoms with Gasteiger partial charge in [-0.1, -0.05) is 47.6 Å². The third-order valence-electron chi connectivity index (χ3n) is 4.90. The van der Waals surface area contributed by atoms with Crippen LogP contribution in [0, 0.1) is 10.8 Å². The van der Waals surface area contributed by atoms with E-state index in [2.05, 4.69) is 63.9 Å². The summed E-state index contributed by atoms with van der Waals surface area (Å²) in [5, 5.41) is 3.06. The second-order valence-corrected chi connectivity index (χ2v) is 9.89. The molecule has 1 aliphatic heterocycles. The third kappa shape index (κ3) is 6.81. The van der Waals surface area contributed by atoms with Gasteiger partial charge in [0.05, 0.1) is 0 Å². The number of carbonyl (C=O) groups is 1. The van der Waals surface area contributed by atoms with E-state index in [9.17, 15) is 4.79 Å². The normalized spacial score (nSPS) is 15.8. The predicted molar refractivity (Wildman–Crippen MR) is 106 cm³/mol. The van der Waals surface area contributed by atoms with Crippen molar-refractivity contribution < 1.29 is 4.79 Å². The van der Waals surface area contributed by atoms with Crippen LogP contribution in [-0.2, 0) is 13.0 Å². The highest BCUT2D eigenvalue weighted by molar-refractivity contribution is 5.94. The molecule has 0 aliphatic carbocycles. The first-order valence-corrected chi connectivity index (χ1v) is 9.66. The average molecular weight is 345 g/mol. The van der Waals surface area contributed by atoms with Crippen LogP contribution in [-0.4, -0.2) is 30.4 Å². The number of amides is 1. The lowest BCUT2D eigenvalue weighted by atomic mass is 9.91. The Kier molecular flexibility index (Phi) is 6.31. The lowest BCUT2D eigenvalue weighted by Crippen LogP contribution is -2.33. The number of hydrogen-bond acceptors (Lipinski definition) is 2. The maximum absolute atomic E-state index is 12.4. The van der Waals surface area contributed by atoms with Crippen LogP contribution >= 0.6 is 0 Å². The SMILES string of the molecule is CC(C)(C)CCNC(=O)c1ccc2c(c1)CCN(CCC(C)(C)C)C2. The standard InChI is InChI=1S/C22H36N2O/c1-21(2,3)10-12-23-20(25)18-7-8-19-16-24(13-9-17(19)15-18)14-11-22(4,5)6/h7-8,15H,9-14,16H2,1-6H3,(H,23,25). The summed E-state index contributed by atoms with van der Waals surface area (Å²) in [4.78, 5) is 14.9. The van der Waals surface area contributed by atoms with Crippen molar-refractivity contribution in [3.63, 3.8) is 0 Å². The van der Waals surface area contributed by atoms with Crippen LogP contribution in [0.2, 0.25) is 0 Å². The molecule has 1 heterocycles. The van der Waals surface area contributed by atoms with Crippen molar-refractivity contribution in [3.05, 3.63) is 34.9 Å². The van der Waals surface area contributed by atoms with Gasteiger partial charge in [0.1, 0.15) is 0 Å². The van der Waals surface area contributed by atoms with Gasteiger partial charge in [-0.25, -0.2) is 0 Å². The molecule has 0 unspecified atom stereocenters. The van der Waals surface area contributed by atoms with E-state index in [1.165, 1.54) is 17.5 Å². The molecule has 1 aliphatic rings. The number of nitrogens with one attached hydrogen (secondary N) is 1. The molecule has 3 heteroatoms.